The molecule has 5 nitrogen and oxygen atoms in total. The fourth-order valence-corrected chi connectivity index (χ4v) is 3.19. The molecule has 13 heavy (non-hydrogen) atoms. The molecule has 74 valence electrons. The summed E-state index contributed by atoms with van der Waals surface area (Å²) in [4.78, 5) is 0. The molecule has 0 saturated carbocycles. The molecule has 0 aliphatic heterocycles. The molecule has 0 aliphatic carbocycles. The quantitative estimate of drug-likeness (QED) is 0.771. The van der Waals surface area contributed by atoms with Crippen LogP contribution in [0.25, 0.3) is 0 Å². The first-order valence-corrected chi connectivity index (χ1v) is 6.26. The van der Waals surface area contributed by atoms with Crippen LogP contribution in [-0.2, 0) is 9.84 Å². The van der Waals surface area contributed by atoms with Crippen LogP contribution in [0.4, 0.5) is 0 Å². The van der Waals surface area contributed by atoms with Gasteiger partial charge in [-0.2, -0.15) is 0 Å². The Balaban J connectivity index is 2.82. The molecule has 1 heterocycles. The van der Waals surface area contributed by atoms with E-state index in [0.717, 1.165) is 11.3 Å². The number of hydrogen-bond acceptors (Lipinski definition) is 6. The molecule has 2 N–H and O–H groups in total. The molecule has 0 aromatic carbocycles. The zero-order valence-electron chi connectivity index (χ0n) is 7.23. The fourth-order valence-electron chi connectivity index (χ4n) is 0.765. The van der Waals surface area contributed by atoms with Crippen molar-refractivity contribution in [2.24, 2.45) is 5.73 Å². The van der Waals surface area contributed by atoms with Crippen molar-refractivity contribution in [2.75, 3.05) is 12.3 Å². The zero-order chi connectivity index (χ0) is 9.90. The van der Waals surface area contributed by atoms with Crippen molar-refractivity contribution < 1.29 is 8.42 Å². The minimum atomic E-state index is -3.24. The monoisotopic (exact) mass is 221 g/mol. The van der Waals surface area contributed by atoms with E-state index < -0.39 is 9.84 Å². The molecule has 0 radical (unpaired) electrons. The maximum Gasteiger partial charge on any atom is 0.232 e. The SMILES string of the molecule is Cc1nnc(S(=O)(=O)CCCN)s1. The second-order valence-corrected chi connectivity index (χ2v) is 6.01. The summed E-state index contributed by atoms with van der Waals surface area (Å²) in [5.41, 5.74) is 5.22. The second kappa shape index (κ2) is 4.12. The van der Waals surface area contributed by atoms with Crippen LogP contribution in [0.3, 0.4) is 0 Å². The predicted octanol–water partition coefficient (Wildman–Crippen LogP) is -0.0310. The molecule has 1 aromatic rings. The summed E-state index contributed by atoms with van der Waals surface area (Å²) in [6.07, 6.45) is 0.459. The van der Waals surface area contributed by atoms with E-state index in [2.05, 4.69) is 10.2 Å². The molecule has 0 saturated heterocycles. The van der Waals surface area contributed by atoms with Gasteiger partial charge in [0.05, 0.1) is 5.75 Å². The van der Waals surface area contributed by atoms with Gasteiger partial charge in [0.1, 0.15) is 5.01 Å². The van der Waals surface area contributed by atoms with Crippen LogP contribution in [0.1, 0.15) is 11.4 Å². The summed E-state index contributed by atoms with van der Waals surface area (Å²) >= 11 is 1.09. The van der Waals surface area contributed by atoms with Gasteiger partial charge >= 0.3 is 0 Å². The van der Waals surface area contributed by atoms with Gasteiger partial charge < -0.3 is 5.73 Å². The summed E-state index contributed by atoms with van der Waals surface area (Å²) in [6, 6.07) is 0. The standard InChI is InChI=1S/C6H11N3O2S2/c1-5-8-9-6(12-5)13(10,11)4-2-3-7/h2-4,7H2,1H3. The molecule has 0 fully saturated rings. The number of nitrogens with zero attached hydrogens (tertiary/aromatic N) is 2. The molecule has 0 amide bonds. The molecule has 1 aromatic heterocycles. The van der Waals surface area contributed by atoms with Gasteiger partial charge in [-0.3, -0.25) is 0 Å². The van der Waals surface area contributed by atoms with Gasteiger partial charge in [0.2, 0.25) is 14.2 Å². The summed E-state index contributed by atoms with van der Waals surface area (Å²) in [5, 5.41) is 7.89. The minimum Gasteiger partial charge on any atom is -0.330 e. The third-order valence-electron chi connectivity index (χ3n) is 1.39. The van der Waals surface area contributed by atoms with E-state index in [1.165, 1.54) is 0 Å². The highest BCUT2D eigenvalue weighted by Crippen LogP contribution is 2.16. The lowest BCUT2D eigenvalue weighted by molar-refractivity contribution is 0.591. The van der Waals surface area contributed by atoms with Gasteiger partial charge in [-0.25, -0.2) is 8.42 Å². The highest BCUT2D eigenvalue weighted by molar-refractivity contribution is 7.93. The molecule has 0 bridgehead atoms. The van der Waals surface area contributed by atoms with Gasteiger partial charge in [-0.1, -0.05) is 11.3 Å². The number of nitrogens with two attached hydrogens (primary N) is 1. The van der Waals surface area contributed by atoms with Crippen LogP contribution in [0.2, 0.25) is 0 Å². The molecule has 0 atom stereocenters. The van der Waals surface area contributed by atoms with Crippen molar-refractivity contribution in [3.8, 4) is 0 Å². The smallest absolute Gasteiger partial charge is 0.232 e. The zero-order valence-corrected chi connectivity index (χ0v) is 8.86. The molecule has 7 heteroatoms. The Kier molecular flexibility index (Phi) is 3.34. The largest absolute Gasteiger partial charge is 0.330 e. The summed E-state index contributed by atoms with van der Waals surface area (Å²) in [6.45, 7) is 2.09. The first-order valence-electron chi connectivity index (χ1n) is 3.79. The van der Waals surface area contributed by atoms with E-state index in [1.54, 1.807) is 6.92 Å². The van der Waals surface area contributed by atoms with Crippen LogP contribution in [0.15, 0.2) is 4.34 Å². The summed E-state index contributed by atoms with van der Waals surface area (Å²) in [7, 11) is -3.24. The lowest BCUT2D eigenvalue weighted by Crippen LogP contribution is -2.11. The van der Waals surface area contributed by atoms with E-state index in [1.807, 2.05) is 0 Å². The van der Waals surface area contributed by atoms with Crippen LogP contribution < -0.4 is 5.73 Å². The molecular formula is C6H11N3O2S2. The average molecular weight is 221 g/mol. The normalized spacial score (nSPS) is 11.8. The number of hydrogen-bond donors (Lipinski definition) is 1. The Labute approximate surface area is 80.9 Å². The van der Waals surface area contributed by atoms with Crippen molar-refractivity contribution in [3.63, 3.8) is 0 Å². The third-order valence-corrected chi connectivity index (χ3v) is 4.48. The van der Waals surface area contributed by atoms with E-state index in [9.17, 15) is 8.42 Å². The van der Waals surface area contributed by atoms with E-state index in [0.29, 0.717) is 18.0 Å². The number of sulfone groups is 1. The first kappa shape index (κ1) is 10.6. The summed E-state index contributed by atoms with van der Waals surface area (Å²) < 4.78 is 23.0. The first-order chi connectivity index (χ1) is 6.06. The van der Waals surface area contributed by atoms with Crippen molar-refractivity contribution in [2.45, 2.75) is 17.7 Å². The van der Waals surface area contributed by atoms with Gasteiger partial charge in [0.25, 0.3) is 0 Å². The molecular weight excluding hydrogens is 210 g/mol. The lowest BCUT2D eigenvalue weighted by Gasteiger charge is -1.96. The van der Waals surface area contributed by atoms with Crippen LogP contribution in [0.5, 0.6) is 0 Å². The highest BCUT2D eigenvalue weighted by atomic mass is 32.2. The maximum absolute atomic E-state index is 11.5. The van der Waals surface area contributed by atoms with Crippen LogP contribution in [-0.4, -0.2) is 30.9 Å². The Morgan fingerprint density at radius 3 is 2.62 bits per heavy atom. The fraction of sp³-hybridized carbons (Fsp3) is 0.667. The number of rotatable bonds is 4. The Bertz CT molecular complexity index is 371. The van der Waals surface area contributed by atoms with E-state index in [4.69, 9.17) is 5.73 Å². The van der Waals surface area contributed by atoms with Gasteiger partial charge in [0.15, 0.2) is 0 Å². The van der Waals surface area contributed by atoms with E-state index >= 15 is 0 Å². The average Bonchev–Trinajstić information content (AvgIpc) is 2.49. The number of aromatic nitrogens is 2. The number of aryl methyl sites for hydroxylation is 1. The van der Waals surface area contributed by atoms with Crippen LogP contribution in [0, 0.1) is 6.92 Å². The third kappa shape index (κ3) is 2.71. The van der Waals surface area contributed by atoms with Crippen molar-refractivity contribution in [1.82, 2.24) is 10.2 Å². The van der Waals surface area contributed by atoms with E-state index in [-0.39, 0.29) is 10.1 Å². The highest BCUT2D eigenvalue weighted by Gasteiger charge is 2.18. The Morgan fingerprint density at radius 1 is 1.46 bits per heavy atom. The predicted molar refractivity (Wildman–Crippen MR) is 50.4 cm³/mol. The van der Waals surface area contributed by atoms with Crippen molar-refractivity contribution in [1.29, 1.82) is 0 Å². The summed E-state index contributed by atoms with van der Waals surface area (Å²) in [5.74, 6) is 0.0537. The maximum atomic E-state index is 11.5. The minimum absolute atomic E-state index is 0.0537. The lowest BCUT2D eigenvalue weighted by atomic mass is 10.5. The van der Waals surface area contributed by atoms with Crippen molar-refractivity contribution >= 4 is 21.2 Å². The molecule has 0 aliphatic rings. The topological polar surface area (TPSA) is 85.9 Å². The van der Waals surface area contributed by atoms with Gasteiger partial charge in [-0.05, 0) is 19.9 Å². The molecule has 1 rings (SSSR count). The second-order valence-electron chi connectivity index (χ2n) is 2.55. The van der Waals surface area contributed by atoms with Gasteiger partial charge in [0, 0.05) is 0 Å². The molecule has 0 spiro atoms. The van der Waals surface area contributed by atoms with Crippen LogP contribution >= 0.6 is 11.3 Å². The van der Waals surface area contributed by atoms with Gasteiger partial charge in [-0.15, -0.1) is 10.2 Å². The molecule has 0 unspecified atom stereocenters. The Morgan fingerprint density at radius 2 is 2.15 bits per heavy atom. The Hall–Kier alpha value is -0.530. The van der Waals surface area contributed by atoms with Crippen molar-refractivity contribution in [3.05, 3.63) is 5.01 Å².